The van der Waals surface area contributed by atoms with E-state index in [1.807, 2.05) is 24.3 Å². The number of nitrogens with zero attached hydrogens (tertiary/aromatic N) is 2. The molecule has 5 nitrogen and oxygen atoms in total. The fraction of sp³-hybridized carbons (Fsp3) is 0.316. The Hall–Kier alpha value is -2.53. The Morgan fingerprint density at radius 2 is 2.08 bits per heavy atom. The molecule has 1 unspecified atom stereocenters. The lowest BCUT2D eigenvalue weighted by Gasteiger charge is -2.31. The van der Waals surface area contributed by atoms with Gasteiger partial charge in [-0.2, -0.15) is 4.98 Å². The Kier molecular flexibility index (Phi) is 4.09. The molecule has 24 heavy (non-hydrogen) atoms. The van der Waals surface area contributed by atoms with E-state index in [9.17, 15) is 0 Å². The van der Waals surface area contributed by atoms with Crippen LogP contribution in [0.1, 0.15) is 5.56 Å². The van der Waals surface area contributed by atoms with Crippen LogP contribution in [0.5, 0.6) is 5.75 Å². The number of aromatic nitrogens is 1. The molecule has 0 N–H and O–H groups in total. The normalized spacial score (nSPS) is 18.0. The maximum Gasteiger partial charge on any atom is 0.298 e. The van der Waals surface area contributed by atoms with Crippen molar-refractivity contribution in [2.24, 2.45) is 0 Å². The van der Waals surface area contributed by atoms with Crippen molar-refractivity contribution in [1.29, 1.82) is 0 Å². The molecule has 0 spiro atoms. The molecule has 5 heteroatoms. The van der Waals surface area contributed by atoms with Gasteiger partial charge in [-0.15, -0.1) is 0 Å². The van der Waals surface area contributed by atoms with Gasteiger partial charge >= 0.3 is 0 Å². The van der Waals surface area contributed by atoms with Crippen molar-refractivity contribution in [3.63, 3.8) is 0 Å². The number of anilines is 1. The zero-order valence-electron chi connectivity index (χ0n) is 13.6. The molecule has 0 saturated carbocycles. The molecule has 124 valence electrons. The third-order valence-corrected chi connectivity index (χ3v) is 4.30. The van der Waals surface area contributed by atoms with Gasteiger partial charge in [-0.25, -0.2) is 0 Å². The van der Waals surface area contributed by atoms with Gasteiger partial charge in [0.25, 0.3) is 6.01 Å². The molecule has 0 bridgehead atoms. The molecule has 2 aromatic carbocycles. The number of hydrogen-bond acceptors (Lipinski definition) is 5. The first-order valence-electron chi connectivity index (χ1n) is 8.17. The molecule has 4 rings (SSSR count). The maximum atomic E-state index is 5.91. The summed E-state index contributed by atoms with van der Waals surface area (Å²) in [4.78, 5) is 6.77. The van der Waals surface area contributed by atoms with Gasteiger partial charge in [0.15, 0.2) is 5.58 Å². The van der Waals surface area contributed by atoms with Crippen LogP contribution in [0.4, 0.5) is 6.01 Å². The number of rotatable bonds is 4. The van der Waals surface area contributed by atoms with Crippen LogP contribution >= 0.6 is 0 Å². The van der Waals surface area contributed by atoms with Crippen molar-refractivity contribution < 1.29 is 13.9 Å². The second-order valence-electron chi connectivity index (χ2n) is 5.96. The summed E-state index contributed by atoms with van der Waals surface area (Å²) in [6.45, 7) is 2.24. The molecule has 0 radical (unpaired) electrons. The average Bonchev–Trinajstić information content (AvgIpc) is 3.06. The molecule has 1 aliphatic heterocycles. The molecule has 1 fully saturated rings. The molecule has 2 heterocycles. The highest BCUT2D eigenvalue weighted by atomic mass is 16.5. The van der Waals surface area contributed by atoms with E-state index < -0.39 is 0 Å². The van der Waals surface area contributed by atoms with Crippen molar-refractivity contribution in [3.05, 3.63) is 54.1 Å². The summed E-state index contributed by atoms with van der Waals surface area (Å²) in [5.41, 5.74) is 2.87. The largest absolute Gasteiger partial charge is 0.497 e. The van der Waals surface area contributed by atoms with Crippen LogP contribution in [0.3, 0.4) is 0 Å². The minimum Gasteiger partial charge on any atom is -0.497 e. The van der Waals surface area contributed by atoms with E-state index in [1.165, 1.54) is 5.56 Å². The molecule has 0 aliphatic carbocycles. The Labute approximate surface area is 140 Å². The monoisotopic (exact) mass is 324 g/mol. The number of benzene rings is 2. The fourth-order valence-corrected chi connectivity index (χ4v) is 3.05. The van der Waals surface area contributed by atoms with E-state index in [4.69, 9.17) is 13.9 Å². The van der Waals surface area contributed by atoms with Crippen LogP contribution in [0.2, 0.25) is 0 Å². The van der Waals surface area contributed by atoms with E-state index >= 15 is 0 Å². The molecule has 1 saturated heterocycles. The van der Waals surface area contributed by atoms with Crippen LogP contribution in [0.25, 0.3) is 11.1 Å². The number of hydrogen-bond donors (Lipinski definition) is 0. The Bertz CT molecular complexity index is 816. The van der Waals surface area contributed by atoms with Gasteiger partial charge in [-0.05, 0) is 17.7 Å². The van der Waals surface area contributed by atoms with Crippen LogP contribution in [-0.4, -0.2) is 37.9 Å². The second kappa shape index (κ2) is 6.53. The Morgan fingerprint density at radius 1 is 1.21 bits per heavy atom. The summed E-state index contributed by atoms with van der Waals surface area (Å²) >= 11 is 0. The molecule has 1 aromatic heterocycles. The number of fused-ring (bicyclic) bond motifs is 1. The van der Waals surface area contributed by atoms with Gasteiger partial charge in [-0.1, -0.05) is 30.3 Å². The zero-order chi connectivity index (χ0) is 16.4. The first kappa shape index (κ1) is 15.0. The zero-order valence-corrected chi connectivity index (χ0v) is 13.6. The predicted octanol–water partition coefficient (Wildman–Crippen LogP) is 3.28. The lowest BCUT2D eigenvalue weighted by molar-refractivity contribution is 0.0394. The average molecular weight is 324 g/mol. The number of ether oxygens (including phenoxy) is 2. The van der Waals surface area contributed by atoms with Crippen LogP contribution < -0.4 is 9.64 Å². The molecular formula is C19H20N2O3. The Morgan fingerprint density at radius 3 is 2.92 bits per heavy atom. The number of morpholine rings is 1. The van der Waals surface area contributed by atoms with Crippen LogP contribution in [-0.2, 0) is 11.2 Å². The fourth-order valence-electron chi connectivity index (χ4n) is 3.05. The van der Waals surface area contributed by atoms with E-state index in [1.54, 1.807) is 7.11 Å². The summed E-state index contributed by atoms with van der Waals surface area (Å²) in [7, 11) is 1.65. The van der Waals surface area contributed by atoms with E-state index in [-0.39, 0.29) is 6.10 Å². The highest BCUT2D eigenvalue weighted by molar-refractivity contribution is 5.76. The summed E-state index contributed by atoms with van der Waals surface area (Å²) in [5.74, 6) is 0.784. The molecule has 3 aromatic rings. The third kappa shape index (κ3) is 3.08. The van der Waals surface area contributed by atoms with Crippen molar-refractivity contribution in [3.8, 4) is 5.75 Å². The molecular weight excluding hydrogens is 304 g/mol. The highest BCUT2D eigenvalue weighted by Crippen LogP contribution is 2.26. The summed E-state index contributed by atoms with van der Waals surface area (Å²) in [6, 6.07) is 16.7. The van der Waals surface area contributed by atoms with Gasteiger partial charge in [0.1, 0.15) is 11.3 Å². The van der Waals surface area contributed by atoms with Crippen LogP contribution in [0.15, 0.2) is 52.9 Å². The van der Waals surface area contributed by atoms with E-state index in [2.05, 4.69) is 34.1 Å². The summed E-state index contributed by atoms with van der Waals surface area (Å²) in [6.07, 6.45) is 1.04. The lowest BCUT2D eigenvalue weighted by atomic mass is 10.1. The Balaban J connectivity index is 1.51. The minimum atomic E-state index is 0.144. The molecule has 1 aliphatic rings. The maximum absolute atomic E-state index is 5.91. The first-order chi connectivity index (χ1) is 11.8. The van der Waals surface area contributed by atoms with Crippen molar-refractivity contribution >= 4 is 17.1 Å². The predicted molar refractivity (Wildman–Crippen MR) is 92.7 cm³/mol. The van der Waals surface area contributed by atoms with E-state index in [0.717, 1.165) is 36.4 Å². The SMILES string of the molecule is COc1ccc2oc(N3CCOC(Cc4ccccc4)C3)nc2c1. The highest BCUT2D eigenvalue weighted by Gasteiger charge is 2.24. The quantitative estimate of drug-likeness (QED) is 0.737. The van der Waals surface area contributed by atoms with Crippen molar-refractivity contribution in [2.45, 2.75) is 12.5 Å². The van der Waals surface area contributed by atoms with Gasteiger partial charge < -0.3 is 18.8 Å². The molecule has 1 atom stereocenters. The minimum absolute atomic E-state index is 0.144. The van der Waals surface area contributed by atoms with Gasteiger partial charge in [0.2, 0.25) is 0 Å². The van der Waals surface area contributed by atoms with Crippen molar-refractivity contribution in [1.82, 2.24) is 4.98 Å². The van der Waals surface area contributed by atoms with Gasteiger partial charge in [0.05, 0.1) is 19.8 Å². The third-order valence-electron chi connectivity index (χ3n) is 4.30. The topological polar surface area (TPSA) is 47.7 Å². The number of oxazole rings is 1. The standard InChI is InChI=1S/C19H20N2O3/c1-22-15-7-8-18-17(12-15)20-19(24-18)21-9-10-23-16(13-21)11-14-5-3-2-4-6-14/h2-8,12,16H,9-11,13H2,1H3. The summed E-state index contributed by atoms with van der Waals surface area (Å²) < 4.78 is 17.1. The summed E-state index contributed by atoms with van der Waals surface area (Å²) in [5, 5.41) is 0. The van der Waals surface area contributed by atoms with E-state index in [0.29, 0.717) is 12.6 Å². The van der Waals surface area contributed by atoms with Gasteiger partial charge in [0, 0.05) is 25.6 Å². The second-order valence-corrected chi connectivity index (χ2v) is 5.96. The van der Waals surface area contributed by atoms with Gasteiger partial charge in [-0.3, -0.25) is 0 Å². The lowest BCUT2D eigenvalue weighted by Crippen LogP contribution is -2.43. The first-order valence-corrected chi connectivity index (χ1v) is 8.17. The number of methoxy groups -OCH3 is 1. The van der Waals surface area contributed by atoms with Crippen molar-refractivity contribution in [2.75, 3.05) is 31.7 Å². The smallest absolute Gasteiger partial charge is 0.298 e. The molecule has 0 amide bonds. The van der Waals surface area contributed by atoms with Crippen LogP contribution in [0, 0.1) is 0 Å².